The third kappa shape index (κ3) is 9.12. The number of rotatable bonds is 14. The van der Waals surface area contributed by atoms with Gasteiger partial charge >= 0.3 is 6.03 Å². The summed E-state index contributed by atoms with van der Waals surface area (Å²) in [5.74, 6) is -0.576. The van der Waals surface area contributed by atoms with Gasteiger partial charge in [-0.3, -0.25) is 19.2 Å². The number of amides is 5. The number of hydrogen-bond acceptors (Lipinski definition) is 7. The maximum atomic E-state index is 14.5. The lowest BCUT2D eigenvalue weighted by molar-refractivity contribution is -0.145. The van der Waals surface area contributed by atoms with Gasteiger partial charge in [-0.05, 0) is 54.1 Å². The number of fused-ring (bicyclic) bond motifs is 1. The summed E-state index contributed by atoms with van der Waals surface area (Å²) in [5.41, 5.74) is -2.03. The van der Waals surface area contributed by atoms with Gasteiger partial charge in [0.05, 0.1) is 22.2 Å². The van der Waals surface area contributed by atoms with Crippen molar-refractivity contribution >= 4 is 39.4 Å². The number of sulfone groups is 1. The van der Waals surface area contributed by atoms with Crippen LogP contribution in [-0.4, -0.2) is 85.4 Å². The van der Waals surface area contributed by atoms with E-state index in [0.717, 1.165) is 19.3 Å². The summed E-state index contributed by atoms with van der Waals surface area (Å²) in [7, 11) is -3.73. The van der Waals surface area contributed by atoms with Crippen molar-refractivity contribution in [3.05, 3.63) is 30.3 Å². The van der Waals surface area contributed by atoms with E-state index in [-0.39, 0.29) is 47.3 Å². The zero-order valence-corrected chi connectivity index (χ0v) is 31.7. The average molecular weight is 726 g/mol. The Morgan fingerprint density at radius 2 is 1.67 bits per heavy atom. The molecule has 0 radical (unpaired) electrons. The summed E-state index contributed by atoms with van der Waals surface area (Å²) >= 11 is 0. The zero-order chi connectivity index (χ0) is 37.8. The Kier molecular flexibility index (Phi) is 12.3. The molecule has 3 aliphatic rings. The molecule has 0 spiro atoms. The van der Waals surface area contributed by atoms with E-state index in [1.807, 2.05) is 41.5 Å². The third-order valence-corrected chi connectivity index (χ3v) is 12.8. The van der Waals surface area contributed by atoms with Crippen LogP contribution in [0.2, 0.25) is 0 Å². The fourth-order valence-electron chi connectivity index (χ4n) is 7.95. The molecule has 13 heteroatoms. The van der Waals surface area contributed by atoms with E-state index in [2.05, 4.69) is 27.2 Å². The van der Waals surface area contributed by atoms with Crippen molar-refractivity contribution in [2.45, 2.75) is 121 Å². The molecule has 4 N–H and O–H groups in total. The summed E-state index contributed by atoms with van der Waals surface area (Å²) < 4.78 is 26.9. The van der Waals surface area contributed by atoms with Gasteiger partial charge in [0.2, 0.25) is 17.6 Å². The molecule has 12 nitrogen and oxygen atoms in total. The summed E-state index contributed by atoms with van der Waals surface area (Å²) in [5, 5.41) is 11.1. The molecule has 4 rings (SSSR count). The molecule has 0 bridgehead atoms. The lowest BCUT2D eigenvalue weighted by Gasteiger charge is -2.40. The predicted octanol–water partition coefficient (Wildman–Crippen LogP) is 3.35. The van der Waals surface area contributed by atoms with Crippen LogP contribution in [0.25, 0.3) is 0 Å². The van der Waals surface area contributed by atoms with Crippen LogP contribution in [0.3, 0.4) is 0 Å². The molecule has 51 heavy (non-hydrogen) atoms. The van der Waals surface area contributed by atoms with Crippen molar-refractivity contribution in [1.82, 2.24) is 26.2 Å². The fraction of sp³-hybridized carbons (Fsp3) is 0.658. The first-order valence-electron chi connectivity index (χ1n) is 18.1. The Morgan fingerprint density at radius 3 is 2.25 bits per heavy atom. The number of urea groups is 1. The van der Waals surface area contributed by atoms with Crippen LogP contribution in [0.15, 0.2) is 35.2 Å². The number of likely N-dealkylation sites (tertiary alicyclic amines) is 1. The van der Waals surface area contributed by atoms with Crippen LogP contribution in [0.1, 0.15) is 92.9 Å². The normalized spacial score (nSPS) is 23.1. The minimum absolute atomic E-state index is 0.0349. The number of ketones is 1. The lowest BCUT2D eigenvalue weighted by Crippen LogP contribution is -2.63. The number of piperidine rings is 1. The van der Waals surface area contributed by atoms with E-state index in [1.165, 1.54) is 4.90 Å². The Morgan fingerprint density at radius 1 is 1.02 bits per heavy atom. The van der Waals surface area contributed by atoms with Gasteiger partial charge < -0.3 is 26.2 Å². The Balaban J connectivity index is 1.54. The van der Waals surface area contributed by atoms with Gasteiger partial charge in [-0.15, -0.1) is 12.3 Å². The molecule has 1 saturated heterocycles. The summed E-state index contributed by atoms with van der Waals surface area (Å²) in [6, 6.07) is 4.47. The molecule has 0 aromatic heterocycles. The monoisotopic (exact) mass is 725 g/mol. The van der Waals surface area contributed by atoms with Gasteiger partial charge in [0, 0.05) is 19.5 Å². The van der Waals surface area contributed by atoms with E-state index in [0.29, 0.717) is 25.8 Å². The lowest BCUT2D eigenvalue weighted by atomic mass is 9.83. The first-order chi connectivity index (χ1) is 23.9. The molecule has 1 aromatic rings. The molecule has 1 heterocycles. The van der Waals surface area contributed by atoms with E-state index in [4.69, 9.17) is 6.42 Å². The molecule has 2 aliphatic carbocycles. The molecule has 1 aliphatic heterocycles. The second-order valence-electron chi connectivity index (χ2n) is 16.1. The maximum absolute atomic E-state index is 14.5. The Hall–Kier alpha value is -3.92. The van der Waals surface area contributed by atoms with E-state index in [9.17, 15) is 32.4 Å². The molecule has 2 unspecified atom stereocenters. The van der Waals surface area contributed by atoms with Crippen molar-refractivity contribution in [3.8, 4) is 12.3 Å². The van der Waals surface area contributed by atoms with Gasteiger partial charge in [0.1, 0.15) is 12.1 Å². The highest BCUT2D eigenvalue weighted by Crippen LogP contribution is 2.65. The molecular weight excluding hydrogens is 671 g/mol. The zero-order valence-electron chi connectivity index (χ0n) is 30.8. The molecule has 1 aromatic carbocycles. The maximum Gasteiger partial charge on any atom is 0.315 e. The molecular formula is C38H55N5O7S. The second-order valence-corrected chi connectivity index (χ2v) is 18.1. The van der Waals surface area contributed by atoms with Crippen molar-refractivity contribution < 1.29 is 32.4 Å². The number of nitrogens with one attached hydrogen (secondary N) is 4. The predicted molar refractivity (Wildman–Crippen MR) is 194 cm³/mol. The third-order valence-electron chi connectivity index (χ3n) is 10.9. The van der Waals surface area contributed by atoms with Gasteiger partial charge in [-0.2, -0.15) is 0 Å². The molecule has 2 saturated carbocycles. The highest BCUT2D eigenvalue weighted by molar-refractivity contribution is 7.91. The number of carbonyl (C=O) groups is 5. The SMILES string of the molecule is C#CCCNC(=O)C(=O)C(CCC)NC(=O)[C@@H]1C2[C@H](CN1C(=O)[C@@H](NC(=O)NC1(CS(=O)(=O)c3ccccc3)CCCCC1)C(C)(C)C)C2(C)C. The van der Waals surface area contributed by atoms with Crippen molar-refractivity contribution in [1.29, 1.82) is 0 Å². The largest absolute Gasteiger partial charge is 0.348 e. The Labute approximate surface area is 302 Å². The van der Waals surface area contributed by atoms with Crippen molar-refractivity contribution in [2.24, 2.45) is 22.7 Å². The number of hydrogen-bond donors (Lipinski definition) is 4. The number of carbonyl (C=O) groups excluding carboxylic acids is 5. The van der Waals surface area contributed by atoms with E-state index in [1.54, 1.807) is 30.3 Å². The standard InChI is InChI=1S/C38H55N5O7S/c1-8-10-22-39-33(46)30(44)27(17-9-2)40-32(45)29-28-26(37(28,6)7)23-43(29)34(47)31(36(3,4)5)41-35(48)42-38(20-15-12-16-21-38)24-51(49,50)25-18-13-11-14-19-25/h1,11,13-14,18-19,26-29,31H,9-10,12,15-17,20-24H2,2-7H3,(H,39,46)(H,40,45)(H2,41,42,48)/t26-,27?,28?,29-,31+/m0/s1. The van der Waals surface area contributed by atoms with E-state index < -0.39 is 68.5 Å². The topological polar surface area (TPSA) is 171 Å². The Bertz CT molecular complexity index is 1620. The molecule has 3 fully saturated rings. The van der Waals surface area contributed by atoms with Crippen LogP contribution in [0.4, 0.5) is 4.79 Å². The van der Waals surface area contributed by atoms with Gasteiger partial charge in [0.15, 0.2) is 9.84 Å². The van der Waals surface area contributed by atoms with Gasteiger partial charge in [0.25, 0.3) is 5.91 Å². The fourth-order valence-corrected chi connectivity index (χ4v) is 9.78. The average Bonchev–Trinajstić information content (AvgIpc) is 3.37. The van der Waals surface area contributed by atoms with Crippen molar-refractivity contribution in [2.75, 3.05) is 18.8 Å². The number of nitrogens with zero attached hydrogens (tertiary/aromatic N) is 1. The van der Waals surface area contributed by atoms with Crippen LogP contribution in [0, 0.1) is 35.0 Å². The minimum atomic E-state index is -3.73. The summed E-state index contributed by atoms with van der Waals surface area (Å²) in [4.78, 5) is 69.7. The number of terminal acetylenes is 1. The van der Waals surface area contributed by atoms with Crippen LogP contribution in [0.5, 0.6) is 0 Å². The van der Waals surface area contributed by atoms with Gasteiger partial charge in [-0.25, -0.2) is 13.2 Å². The van der Waals surface area contributed by atoms with Crippen molar-refractivity contribution in [3.63, 3.8) is 0 Å². The van der Waals surface area contributed by atoms with Gasteiger partial charge in [-0.1, -0.05) is 85.4 Å². The number of Topliss-reactive ketones (excluding diaryl/α,β-unsaturated/α-hetero) is 1. The molecule has 5 amide bonds. The van der Waals surface area contributed by atoms with Crippen LogP contribution in [-0.2, 0) is 29.0 Å². The van der Waals surface area contributed by atoms with Crippen LogP contribution < -0.4 is 21.3 Å². The smallest absolute Gasteiger partial charge is 0.315 e. The summed E-state index contributed by atoms with van der Waals surface area (Å²) in [6.45, 7) is 11.8. The highest BCUT2D eigenvalue weighted by Gasteiger charge is 2.70. The molecule has 280 valence electrons. The highest BCUT2D eigenvalue weighted by atomic mass is 32.2. The number of benzene rings is 1. The second kappa shape index (κ2) is 15.8. The summed E-state index contributed by atoms with van der Waals surface area (Å²) in [6.07, 6.45) is 9.67. The minimum Gasteiger partial charge on any atom is -0.348 e. The van der Waals surface area contributed by atoms with E-state index >= 15 is 0 Å². The molecule has 5 atom stereocenters. The first-order valence-corrected chi connectivity index (χ1v) is 19.8. The quantitative estimate of drug-likeness (QED) is 0.130. The first kappa shape index (κ1) is 39.9. The van der Waals surface area contributed by atoms with Crippen LogP contribution >= 0.6 is 0 Å².